The number of rotatable bonds is 3. The molecule has 1 aliphatic heterocycles. The molecule has 1 spiro atoms. The average Bonchev–Trinajstić information content (AvgIpc) is 3.03. The fourth-order valence-electron chi connectivity index (χ4n) is 6.55. The number of Topliss-reactive ketones (excluding diaryl/α,β-unsaturated/α-hetero) is 1. The highest BCUT2D eigenvalue weighted by atomic mass is 16.6. The highest BCUT2D eigenvalue weighted by Crippen LogP contribution is 2.79. The summed E-state index contributed by atoms with van der Waals surface area (Å²) in [6, 6.07) is 0. The van der Waals surface area contributed by atoms with E-state index in [0.717, 1.165) is 0 Å². The molecule has 0 aromatic carbocycles. The summed E-state index contributed by atoms with van der Waals surface area (Å²) in [6.45, 7) is 8.27. The van der Waals surface area contributed by atoms with E-state index in [2.05, 4.69) is 6.58 Å². The first-order chi connectivity index (χ1) is 12.9. The van der Waals surface area contributed by atoms with Gasteiger partial charge < -0.3 is 25.2 Å². The van der Waals surface area contributed by atoms with E-state index in [4.69, 9.17) is 4.74 Å². The molecule has 0 bridgehead atoms. The third-order valence-electron chi connectivity index (χ3n) is 7.91. The third kappa shape index (κ3) is 2.08. The van der Waals surface area contributed by atoms with Gasteiger partial charge in [-0.2, -0.15) is 0 Å². The predicted octanol–water partition coefficient (Wildman–Crippen LogP) is 0.255. The molecule has 0 aromatic rings. The Kier molecular flexibility index (Phi) is 3.91. The Bertz CT molecular complexity index is 818. The molecular formula is C21H28O7. The van der Waals surface area contributed by atoms with Crippen LogP contribution in [0.4, 0.5) is 0 Å². The van der Waals surface area contributed by atoms with Crippen molar-refractivity contribution in [2.45, 2.75) is 62.9 Å². The van der Waals surface area contributed by atoms with E-state index in [1.54, 1.807) is 13.0 Å². The minimum atomic E-state index is -1.93. The Morgan fingerprint density at radius 1 is 1.36 bits per heavy atom. The van der Waals surface area contributed by atoms with E-state index in [1.165, 1.54) is 6.92 Å². The first kappa shape index (κ1) is 19.8. The van der Waals surface area contributed by atoms with Crippen LogP contribution in [0.3, 0.4) is 0 Å². The topological polar surface area (TPSA) is 124 Å². The van der Waals surface area contributed by atoms with Crippen LogP contribution in [0.15, 0.2) is 23.8 Å². The van der Waals surface area contributed by atoms with Gasteiger partial charge >= 0.3 is 5.97 Å². The quantitative estimate of drug-likeness (QED) is 0.308. The number of carbonyl (C=O) groups is 2. The van der Waals surface area contributed by atoms with Gasteiger partial charge in [0.2, 0.25) is 0 Å². The highest BCUT2D eigenvalue weighted by Gasteiger charge is 2.89. The van der Waals surface area contributed by atoms with Crippen molar-refractivity contribution in [3.8, 4) is 0 Å². The van der Waals surface area contributed by atoms with Crippen molar-refractivity contribution >= 4 is 11.8 Å². The number of hydrogen-bond acceptors (Lipinski definition) is 7. The SMILES string of the molecule is C=C(C)C(=O)[C@@]1(O)CC(CO)=C[C@H]2[C@@H]3C4(C)CC(=O)O[C@@]34[C@H](O)[C@@H](C)[C@]2(O)C1. The van der Waals surface area contributed by atoms with E-state index in [9.17, 15) is 30.0 Å². The molecule has 4 rings (SSSR count). The molecule has 1 heterocycles. The first-order valence-electron chi connectivity index (χ1n) is 9.73. The monoisotopic (exact) mass is 392 g/mol. The van der Waals surface area contributed by atoms with Crippen LogP contribution >= 0.6 is 0 Å². The lowest BCUT2D eigenvalue weighted by atomic mass is 9.63. The summed E-state index contributed by atoms with van der Waals surface area (Å²) in [5.41, 5.74) is -4.64. The van der Waals surface area contributed by atoms with Crippen LogP contribution in [0.25, 0.3) is 0 Å². The lowest BCUT2D eigenvalue weighted by Gasteiger charge is -2.49. The maximum Gasteiger partial charge on any atom is 0.307 e. The largest absolute Gasteiger partial charge is 0.455 e. The molecule has 7 heteroatoms. The van der Waals surface area contributed by atoms with Crippen molar-refractivity contribution in [1.82, 2.24) is 0 Å². The molecule has 2 saturated carbocycles. The van der Waals surface area contributed by atoms with Gasteiger partial charge in [-0.15, -0.1) is 0 Å². The summed E-state index contributed by atoms with van der Waals surface area (Å²) in [5.74, 6) is -2.64. The van der Waals surface area contributed by atoms with Crippen molar-refractivity contribution in [3.05, 3.63) is 23.8 Å². The van der Waals surface area contributed by atoms with Crippen molar-refractivity contribution in [3.63, 3.8) is 0 Å². The third-order valence-corrected chi connectivity index (χ3v) is 7.91. The van der Waals surface area contributed by atoms with Crippen molar-refractivity contribution < 1.29 is 34.8 Å². The van der Waals surface area contributed by atoms with Crippen LogP contribution in [-0.4, -0.2) is 61.7 Å². The molecule has 7 nitrogen and oxygen atoms in total. The number of ether oxygens (including phenoxy) is 1. The molecule has 0 amide bonds. The molecule has 0 radical (unpaired) electrons. The zero-order chi connectivity index (χ0) is 20.9. The zero-order valence-electron chi connectivity index (χ0n) is 16.4. The van der Waals surface area contributed by atoms with Gasteiger partial charge in [0, 0.05) is 36.0 Å². The summed E-state index contributed by atoms with van der Waals surface area (Å²) in [7, 11) is 0. The van der Waals surface area contributed by atoms with E-state index in [-0.39, 0.29) is 43.3 Å². The van der Waals surface area contributed by atoms with Crippen molar-refractivity contribution in [1.29, 1.82) is 0 Å². The Morgan fingerprint density at radius 3 is 2.57 bits per heavy atom. The summed E-state index contributed by atoms with van der Waals surface area (Å²) in [5, 5.41) is 43.9. The van der Waals surface area contributed by atoms with E-state index < -0.39 is 45.9 Å². The fourth-order valence-corrected chi connectivity index (χ4v) is 6.55. The summed E-state index contributed by atoms with van der Waals surface area (Å²) < 4.78 is 5.62. The molecule has 1 saturated heterocycles. The number of esters is 1. The molecule has 0 aromatic heterocycles. The van der Waals surface area contributed by atoms with Crippen molar-refractivity contribution in [2.75, 3.05) is 6.61 Å². The lowest BCUT2D eigenvalue weighted by molar-refractivity contribution is -0.202. The minimum Gasteiger partial charge on any atom is -0.455 e. The van der Waals surface area contributed by atoms with Gasteiger partial charge in [0.25, 0.3) is 0 Å². The van der Waals surface area contributed by atoms with E-state index >= 15 is 0 Å². The Balaban J connectivity index is 1.84. The Labute approximate surface area is 163 Å². The number of carbonyl (C=O) groups excluding carboxylic acids is 2. The number of aliphatic hydroxyl groups is 4. The van der Waals surface area contributed by atoms with E-state index in [0.29, 0.717) is 5.57 Å². The first-order valence-corrected chi connectivity index (χ1v) is 9.73. The fraction of sp³-hybridized carbons (Fsp3) is 0.714. The number of aliphatic hydroxyl groups excluding tert-OH is 2. The van der Waals surface area contributed by atoms with Crippen LogP contribution in [-0.2, 0) is 14.3 Å². The molecule has 4 aliphatic rings. The second-order valence-corrected chi connectivity index (χ2v) is 9.57. The van der Waals surface area contributed by atoms with Crippen molar-refractivity contribution in [2.24, 2.45) is 23.2 Å². The van der Waals surface area contributed by atoms with Gasteiger partial charge in [-0.25, -0.2) is 0 Å². The molecular weight excluding hydrogens is 364 g/mol. The van der Waals surface area contributed by atoms with Crippen LogP contribution < -0.4 is 0 Å². The molecule has 28 heavy (non-hydrogen) atoms. The van der Waals surface area contributed by atoms with Crippen LogP contribution in [0.2, 0.25) is 0 Å². The number of fused-ring (bicyclic) bond motifs is 3. The summed E-state index contributed by atoms with van der Waals surface area (Å²) in [6.07, 6.45) is 0.336. The Hall–Kier alpha value is -1.54. The van der Waals surface area contributed by atoms with Gasteiger partial charge in [0.05, 0.1) is 24.7 Å². The molecule has 8 atom stereocenters. The smallest absolute Gasteiger partial charge is 0.307 e. The lowest BCUT2D eigenvalue weighted by Crippen LogP contribution is -2.61. The molecule has 154 valence electrons. The normalized spacial score (nSPS) is 51.8. The van der Waals surface area contributed by atoms with Gasteiger partial charge in [0.1, 0.15) is 11.2 Å². The average molecular weight is 392 g/mol. The second kappa shape index (κ2) is 5.53. The molecule has 3 aliphatic carbocycles. The van der Waals surface area contributed by atoms with Crippen LogP contribution in [0, 0.1) is 23.2 Å². The maximum absolute atomic E-state index is 12.7. The van der Waals surface area contributed by atoms with Crippen LogP contribution in [0.1, 0.15) is 40.0 Å². The Morgan fingerprint density at radius 2 is 2.00 bits per heavy atom. The summed E-state index contributed by atoms with van der Waals surface area (Å²) in [4.78, 5) is 24.7. The van der Waals surface area contributed by atoms with Gasteiger partial charge in [-0.1, -0.05) is 26.5 Å². The number of hydrogen-bond donors (Lipinski definition) is 4. The molecule has 3 fully saturated rings. The predicted molar refractivity (Wildman–Crippen MR) is 97.8 cm³/mol. The molecule has 4 N–H and O–H groups in total. The summed E-state index contributed by atoms with van der Waals surface area (Å²) >= 11 is 0. The second-order valence-electron chi connectivity index (χ2n) is 9.57. The maximum atomic E-state index is 12.7. The standard InChI is InChI=1S/C21H28O7/c1-10(2)16(24)19(26)6-12(8-22)5-13-15-18(4)7-14(23)28-21(15,18)17(25)11(3)20(13,27)9-19/h5,11,13,15,17,22,25-27H,1,6-9H2,2-4H3/t11-,13+,15-,17-,18?,19-,20-,21-/m1/s1. The van der Waals surface area contributed by atoms with Gasteiger partial charge in [-0.3, -0.25) is 9.59 Å². The van der Waals surface area contributed by atoms with Crippen LogP contribution in [0.5, 0.6) is 0 Å². The zero-order valence-corrected chi connectivity index (χ0v) is 16.4. The van der Waals surface area contributed by atoms with E-state index in [1.807, 2.05) is 6.92 Å². The highest BCUT2D eigenvalue weighted by molar-refractivity contribution is 6.01. The molecule has 1 unspecified atom stereocenters. The minimum absolute atomic E-state index is 0.118. The number of ketones is 1. The van der Waals surface area contributed by atoms with Gasteiger partial charge in [-0.05, 0) is 18.1 Å². The van der Waals surface area contributed by atoms with Gasteiger partial charge in [0.15, 0.2) is 5.78 Å².